The molecule has 0 spiro atoms. The molecule has 1 aromatic carbocycles. The molecule has 96 valence electrons. The third kappa shape index (κ3) is 3.11. The minimum Gasteiger partial charge on any atom is -0.488 e. The average molecular weight is 247 g/mol. The van der Waals surface area contributed by atoms with Crippen LogP contribution in [0, 0.1) is 0 Å². The average Bonchev–Trinajstić information content (AvgIpc) is 2.37. The Labute approximate surface area is 106 Å². The summed E-state index contributed by atoms with van der Waals surface area (Å²) in [5.74, 6) is 0.670. The summed E-state index contributed by atoms with van der Waals surface area (Å²) in [5, 5.41) is 11.9. The molecule has 1 atom stereocenters. The number of aliphatic hydroxyl groups excluding tert-OH is 1. The van der Waals surface area contributed by atoms with Gasteiger partial charge in [0.25, 0.3) is 5.91 Å². The molecule has 1 heterocycles. The lowest BCUT2D eigenvalue weighted by Crippen LogP contribution is -2.30. The molecule has 4 heteroatoms. The lowest BCUT2D eigenvalue weighted by Gasteiger charge is -2.17. The Hall–Kier alpha value is -1.81. The summed E-state index contributed by atoms with van der Waals surface area (Å²) < 4.78 is 5.51. The van der Waals surface area contributed by atoms with E-state index in [9.17, 15) is 4.79 Å². The molecule has 1 aliphatic rings. The Morgan fingerprint density at radius 1 is 1.50 bits per heavy atom. The van der Waals surface area contributed by atoms with Gasteiger partial charge >= 0.3 is 0 Å². The highest BCUT2D eigenvalue weighted by Crippen LogP contribution is 2.25. The zero-order valence-electron chi connectivity index (χ0n) is 10.3. The van der Waals surface area contributed by atoms with E-state index in [1.807, 2.05) is 30.3 Å². The summed E-state index contributed by atoms with van der Waals surface area (Å²) in [6.07, 6.45) is 2.00. The predicted molar refractivity (Wildman–Crippen MR) is 69.2 cm³/mol. The summed E-state index contributed by atoms with van der Waals surface area (Å²) in [6.45, 7) is 2.46. The number of nitrogens with one attached hydrogen (secondary N) is 1. The van der Waals surface area contributed by atoms with Crippen molar-refractivity contribution in [2.75, 3.05) is 13.2 Å². The molecule has 4 nitrogen and oxygen atoms in total. The molecule has 2 rings (SSSR count). The van der Waals surface area contributed by atoms with Gasteiger partial charge in [-0.25, -0.2) is 0 Å². The maximum absolute atomic E-state index is 11.8. The molecule has 0 aromatic heterocycles. The first-order chi connectivity index (χ1) is 8.66. The first kappa shape index (κ1) is 12.6. The number of para-hydroxylation sites is 1. The van der Waals surface area contributed by atoms with Crippen LogP contribution in [0.15, 0.2) is 29.8 Å². The second-order valence-corrected chi connectivity index (χ2v) is 4.39. The summed E-state index contributed by atoms with van der Waals surface area (Å²) in [6, 6.07) is 7.61. The number of hydrogen-bond acceptors (Lipinski definition) is 3. The molecular formula is C14H17NO3. The van der Waals surface area contributed by atoms with E-state index in [4.69, 9.17) is 9.84 Å². The van der Waals surface area contributed by atoms with E-state index < -0.39 is 6.10 Å². The van der Waals surface area contributed by atoms with E-state index in [2.05, 4.69) is 5.32 Å². The van der Waals surface area contributed by atoms with Crippen LogP contribution in [0.1, 0.15) is 18.9 Å². The van der Waals surface area contributed by atoms with Gasteiger partial charge in [-0.2, -0.15) is 0 Å². The van der Waals surface area contributed by atoms with Crippen molar-refractivity contribution in [2.24, 2.45) is 0 Å². The summed E-state index contributed by atoms with van der Waals surface area (Å²) >= 11 is 0. The highest BCUT2D eigenvalue weighted by atomic mass is 16.5. The van der Waals surface area contributed by atoms with Crippen LogP contribution in [0.25, 0.3) is 6.08 Å². The number of hydrogen-bond donors (Lipinski definition) is 2. The van der Waals surface area contributed by atoms with E-state index >= 15 is 0 Å². The van der Waals surface area contributed by atoms with Crippen molar-refractivity contribution in [3.8, 4) is 5.75 Å². The highest BCUT2D eigenvalue weighted by molar-refractivity contribution is 5.99. The van der Waals surface area contributed by atoms with Gasteiger partial charge in [-0.1, -0.05) is 18.2 Å². The van der Waals surface area contributed by atoms with E-state index in [1.54, 1.807) is 6.92 Å². The Bertz CT molecular complexity index is 466. The number of benzene rings is 1. The van der Waals surface area contributed by atoms with Crippen molar-refractivity contribution in [3.05, 3.63) is 35.4 Å². The van der Waals surface area contributed by atoms with Crippen LogP contribution >= 0.6 is 0 Å². The van der Waals surface area contributed by atoms with Gasteiger partial charge in [-0.15, -0.1) is 0 Å². The van der Waals surface area contributed by atoms with Gasteiger partial charge in [0.05, 0.1) is 11.7 Å². The van der Waals surface area contributed by atoms with Gasteiger partial charge in [0, 0.05) is 12.1 Å². The lowest BCUT2D eigenvalue weighted by atomic mass is 10.1. The molecule has 18 heavy (non-hydrogen) atoms. The van der Waals surface area contributed by atoms with Crippen molar-refractivity contribution in [3.63, 3.8) is 0 Å². The van der Waals surface area contributed by atoms with Crippen molar-refractivity contribution in [1.82, 2.24) is 5.32 Å². The monoisotopic (exact) mass is 247 g/mol. The van der Waals surface area contributed by atoms with Crippen LogP contribution < -0.4 is 10.1 Å². The largest absolute Gasteiger partial charge is 0.488 e. The highest BCUT2D eigenvalue weighted by Gasteiger charge is 2.16. The van der Waals surface area contributed by atoms with E-state index in [0.29, 0.717) is 18.5 Å². The maximum Gasteiger partial charge on any atom is 0.250 e. The van der Waals surface area contributed by atoms with E-state index in [0.717, 1.165) is 11.3 Å². The second kappa shape index (κ2) is 5.69. The molecule has 1 aromatic rings. The van der Waals surface area contributed by atoms with Crippen molar-refractivity contribution in [1.29, 1.82) is 0 Å². The summed E-state index contributed by atoms with van der Waals surface area (Å²) in [4.78, 5) is 11.8. The Morgan fingerprint density at radius 2 is 2.28 bits per heavy atom. The molecule has 1 unspecified atom stereocenters. The van der Waals surface area contributed by atoms with Gasteiger partial charge in [-0.05, 0) is 25.5 Å². The smallest absolute Gasteiger partial charge is 0.250 e. The van der Waals surface area contributed by atoms with Crippen LogP contribution in [-0.2, 0) is 4.79 Å². The minimum atomic E-state index is -0.400. The number of amides is 1. The van der Waals surface area contributed by atoms with Gasteiger partial charge in [-0.3, -0.25) is 4.79 Å². The molecule has 1 amide bonds. The minimum absolute atomic E-state index is 0.134. The summed E-state index contributed by atoms with van der Waals surface area (Å²) in [7, 11) is 0. The zero-order chi connectivity index (χ0) is 13.0. The molecule has 0 aliphatic carbocycles. The fraction of sp³-hybridized carbons (Fsp3) is 0.357. The third-order valence-corrected chi connectivity index (χ3v) is 2.77. The Balaban J connectivity index is 1.98. The van der Waals surface area contributed by atoms with E-state index in [-0.39, 0.29) is 12.5 Å². The normalized spacial score (nSPS) is 15.1. The third-order valence-electron chi connectivity index (χ3n) is 2.77. The molecule has 0 saturated carbocycles. The number of carbonyl (C=O) groups excluding carboxylic acids is 1. The maximum atomic E-state index is 11.8. The Kier molecular flexibility index (Phi) is 3.99. The SMILES string of the molecule is CC(O)CCNC(=O)C1=Cc2ccccc2OC1. The van der Waals surface area contributed by atoms with Crippen LogP contribution in [0.5, 0.6) is 5.75 Å². The number of fused-ring (bicyclic) bond motifs is 1. The van der Waals surface area contributed by atoms with Crippen molar-refractivity contribution >= 4 is 12.0 Å². The lowest BCUT2D eigenvalue weighted by molar-refractivity contribution is -0.117. The Morgan fingerprint density at radius 3 is 3.06 bits per heavy atom. The molecule has 1 aliphatic heterocycles. The zero-order valence-corrected chi connectivity index (χ0v) is 10.3. The molecule has 0 saturated heterocycles. The molecule has 0 bridgehead atoms. The molecule has 0 fully saturated rings. The summed E-state index contributed by atoms with van der Waals surface area (Å²) in [5.41, 5.74) is 1.53. The number of rotatable bonds is 4. The first-order valence-electron chi connectivity index (χ1n) is 6.05. The van der Waals surface area contributed by atoms with Crippen molar-refractivity contribution in [2.45, 2.75) is 19.4 Å². The van der Waals surface area contributed by atoms with Crippen LogP contribution in [0.4, 0.5) is 0 Å². The fourth-order valence-electron chi connectivity index (χ4n) is 1.76. The fourth-order valence-corrected chi connectivity index (χ4v) is 1.76. The van der Waals surface area contributed by atoms with Crippen LogP contribution in [0.2, 0.25) is 0 Å². The van der Waals surface area contributed by atoms with E-state index in [1.165, 1.54) is 0 Å². The predicted octanol–water partition coefficient (Wildman–Crippen LogP) is 1.35. The van der Waals surface area contributed by atoms with Crippen LogP contribution in [-0.4, -0.2) is 30.3 Å². The number of aliphatic hydroxyl groups is 1. The second-order valence-electron chi connectivity index (χ2n) is 4.39. The molecular weight excluding hydrogens is 230 g/mol. The first-order valence-corrected chi connectivity index (χ1v) is 6.05. The van der Waals surface area contributed by atoms with Crippen LogP contribution in [0.3, 0.4) is 0 Å². The van der Waals surface area contributed by atoms with Gasteiger partial charge in [0.15, 0.2) is 0 Å². The quantitative estimate of drug-likeness (QED) is 0.844. The molecule has 2 N–H and O–H groups in total. The topological polar surface area (TPSA) is 58.6 Å². The van der Waals surface area contributed by atoms with Gasteiger partial charge in [0.2, 0.25) is 0 Å². The number of carbonyl (C=O) groups is 1. The molecule has 0 radical (unpaired) electrons. The van der Waals surface area contributed by atoms with Gasteiger partial charge in [0.1, 0.15) is 12.4 Å². The number of ether oxygens (including phenoxy) is 1. The standard InChI is InChI=1S/C14H17NO3/c1-10(16)6-7-15-14(17)12-8-11-4-2-3-5-13(11)18-9-12/h2-5,8,10,16H,6-7,9H2,1H3,(H,15,17). The van der Waals surface area contributed by atoms with Gasteiger partial charge < -0.3 is 15.2 Å². The van der Waals surface area contributed by atoms with Crippen molar-refractivity contribution < 1.29 is 14.6 Å².